The second kappa shape index (κ2) is 11.7. The normalized spacial score (nSPS) is 12.7. The Morgan fingerprint density at radius 3 is 2.06 bits per heavy atom. The number of amides is 1. The molecule has 8 heteroatoms. The second-order valence-corrected chi connectivity index (χ2v) is 9.86. The summed E-state index contributed by atoms with van der Waals surface area (Å²) >= 11 is 0. The van der Waals surface area contributed by atoms with Crippen LogP contribution in [0.2, 0.25) is 0 Å². The highest BCUT2D eigenvalue weighted by Gasteiger charge is 2.24. The van der Waals surface area contributed by atoms with Crippen LogP contribution in [0.25, 0.3) is 0 Å². The molecule has 0 atom stereocenters. The summed E-state index contributed by atoms with van der Waals surface area (Å²) < 4.78 is 5.09. The smallest absolute Gasteiger partial charge is 0.280 e. The number of hydrogen-bond acceptors (Lipinski definition) is 5. The Hall–Kier alpha value is -2.64. The minimum atomic E-state index is -0.638. The highest BCUT2D eigenvalue weighted by molar-refractivity contribution is 5.86. The molecule has 0 spiro atoms. The van der Waals surface area contributed by atoms with E-state index in [9.17, 15) is 19.2 Å². The second-order valence-electron chi connectivity index (χ2n) is 9.86. The molecule has 31 heavy (non-hydrogen) atoms. The van der Waals surface area contributed by atoms with Gasteiger partial charge >= 0.3 is 0 Å². The molecule has 1 aromatic rings. The van der Waals surface area contributed by atoms with Gasteiger partial charge in [0.1, 0.15) is 17.3 Å². The molecule has 0 fully saturated rings. The summed E-state index contributed by atoms with van der Waals surface area (Å²) in [7, 11) is 0. The van der Waals surface area contributed by atoms with Gasteiger partial charge in [-0.3, -0.25) is 19.2 Å². The minimum Gasteiger partial charge on any atom is -0.596 e. The van der Waals surface area contributed by atoms with Crippen LogP contribution in [-0.4, -0.2) is 27.7 Å². The fourth-order valence-corrected chi connectivity index (χ4v) is 3.48. The van der Waals surface area contributed by atoms with Crippen molar-refractivity contribution < 1.29 is 24.0 Å². The Kier molecular flexibility index (Phi) is 9.94. The Bertz CT molecular complexity index is 844. The monoisotopic (exact) mass is 437 g/mol. The van der Waals surface area contributed by atoms with Gasteiger partial charge in [-0.2, -0.15) is 5.16 Å². The van der Waals surface area contributed by atoms with Crippen LogP contribution < -0.4 is 11.3 Å². The van der Waals surface area contributed by atoms with Crippen LogP contribution in [0.5, 0.6) is 0 Å². The van der Waals surface area contributed by atoms with Gasteiger partial charge in [0, 0.05) is 38.2 Å². The van der Waals surface area contributed by atoms with E-state index in [0.717, 1.165) is 6.08 Å². The fraction of sp³-hybridized carbons (Fsp3) is 0.652. The maximum absolute atomic E-state index is 12.2. The summed E-state index contributed by atoms with van der Waals surface area (Å²) in [5.74, 6) is 0.345. The van der Waals surface area contributed by atoms with Crippen molar-refractivity contribution in [2.45, 2.75) is 85.5 Å². The van der Waals surface area contributed by atoms with E-state index in [1.165, 1.54) is 6.07 Å². The molecule has 0 aromatic carbocycles. The number of nitrogens with two attached hydrogens (primary N) is 1. The number of allylic oxidation sites excluding steroid dienone is 1. The number of aromatic nitrogens is 1. The Labute approximate surface area is 183 Å². The summed E-state index contributed by atoms with van der Waals surface area (Å²) in [6.07, 6.45) is 5.44. The molecule has 0 unspecified atom stereocenters. The number of Topliss-reactive ketones (excluding diaryl/α,β-unsaturated/α-hetero) is 2. The molecule has 0 saturated carbocycles. The van der Waals surface area contributed by atoms with Crippen LogP contribution in [0.1, 0.15) is 84.8 Å². The first-order valence-electron chi connectivity index (χ1n) is 10.7. The summed E-state index contributed by atoms with van der Waals surface area (Å²) in [5, 5.41) is 10.0. The largest absolute Gasteiger partial charge is 0.596 e. The lowest BCUT2D eigenvalue weighted by atomic mass is 9.82. The number of H-pyrrole nitrogens is 1. The third kappa shape index (κ3) is 12.0. The molecule has 0 bridgehead atoms. The molecule has 0 aliphatic heterocycles. The zero-order valence-electron chi connectivity index (χ0n) is 19.1. The van der Waals surface area contributed by atoms with Crippen LogP contribution in [0.15, 0.2) is 27.2 Å². The third-order valence-corrected chi connectivity index (χ3v) is 5.29. The van der Waals surface area contributed by atoms with Crippen molar-refractivity contribution in [1.82, 2.24) is 5.16 Å². The predicted octanol–water partition coefficient (Wildman–Crippen LogP) is 2.92. The molecular weight excluding hydrogens is 400 g/mol. The van der Waals surface area contributed by atoms with Gasteiger partial charge in [0.05, 0.1) is 12.5 Å². The highest BCUT2D eigenvalue weighted by Crippen LogP contribution is 2.30. The zero-order chi connectivity index (χ0) is 23.7. The number of carbonyl (C=O) groups excluding carboxylic acids is 3. The Morgan fingerprint density at radius 2 is 1.58 bits per heavy atom. The number of carbonyl (C=O) groups is 3. The van der Waals surface area contributed by atoms with Crippen molar-refractivity contribution in [2.75, 3.05) is 0 Å². The van der Waals surface area contributed by atoms with Crippen LogP contribution in [0.3, 0.4) is 0 Å². The van der Waals surface area contributed by atoms with Gasteiger partial charge in [0.15, 0.2) is 0 Å². The fourth-order valence-electron chi connectivity index (χ4n) is 3.48. The van der Waals surface area contributed by atoms with Crippen LogP contribution in [-0.2, 0) is 20.8 Å². The van der Waals surface area contributed by atoms with Gasteiger partial charge in [0.2, 0.25) is 11.7 Å². The van der Waals surface area contributed by atoms with Crippen LogP contribution >= 0.6 is 0 Å². The first kappa shape index (κ1) is 26.4. The van der Waals surface area contributed by atoms with E-state index >= 15 is 0 Å². The van der Waals surface area contributed by atoms with Crippen molar-refractivity contribution in [3.05, 3.63) is 34.0 Å². The number of ketones is 2. The van der Waals surface area contributed by atoms with Crippen molar-refractivity contribution in [3.8, 4) is 0 Å². The third-order valence-electron chi connectivity index (χ3n) is 5.29. The van der Waals surface area contributed by atoms with Crippen molar-refractivity contribution >= 4 is 17.5 Å². The van der Waals surface area contributed by atoms with E-state index in [2.05, 4.69) is 5.16 Å². The van der Waals surface area contributed by atoms with Gasteiger partial charge in [-0.15, -0.1) is 0 Å². The lowest BCUT2D eigenvalue weighted by Crippen LogP contribution is -2.17. The topological polar surface area (TPSA) is 146 Å². The van der Waals surface area contributed by atoms with Gasteiger partial charge in [0.25, 0.3) is 5.56 Å². The Morgan fingerprint density at radius 1 is 1.03 bits per heavy atom. The van der Waals surface area contributed by atoms with Crippen LogP contribution in [0.4, 0.5) is 0 Å². The van der Waals surface area contributed by atoms with E-state index in [4.69, 9.17) is 15.4 Å². The van der Waals surface area contributed by atoms with Crippen molar-refractivity contribution in [3.63, 3.8) is 0 Å². The van der Waals surface area contributed by atoms with E-state index in [0.29, 0.717) is 63.5 Å². The molecule has 1 aromatic heterocycles. The molecular formula is C23H37N2O6+. The molecule has 1 heterocycles. The molecule has 0 aliphatic rings. The first-order valence-corrected chi connectivity index (χ1v) is 10.7. The van der Waals surface area contributed by atoms with E-state index in [1.54, 1.807) is 0 Å². The summed E-state index contributed by atoms with van der Waals surface area (Å²) in [6.45, 7) is 7.96. The molecule has 174 valence electrons. The van der Waals surface area contributed by atoms with Gasteiger partial charge < -0.3 is 15.4 Å². The van der Waals surface area contributed by atoms with E-state index in [1.807, 2.05) is 27.7 Å². The standard InChI is InChI=1S/C23H36N2O6/c1-22(2,14-18(28)12-20(24)29)10-8-16(26)6-5-7-17(27)9-11-23(3,4)15-19-13-21(30)25-31-19/h12-13,28H,5-11,14-15H2,1-4H3,(H2,24,29)(H,25,30)/p+1/b18-12-. The van der Waals surface area contributed by atoms with Crippen LogP contribution in [0, 0.1) is 10.8 Å². The van der Waals surface area contributed by atoms with Gasteiger partial charge in [-0.1, -0.05) is 27.7 Å². The van der Waals surface area contributed by atoms with E-state index < -0.39 is 5.91 Å². The molecule has 5 N–H and O–H groups in total. The summed E-state index contributed by atoms with van der Waals surface area (Å²) in [6, 6.07) is 1.43. The number of nitrogens with one attached hydrogen (secondary N) is 1. The molecule has 0 saturated heterocycles. The zero-order valence-corrected chi connectivity index (χ0v) is 19.1. The number of rotatable bonds is 15. The molecule has 1 rings (SSSR count). The Balaban J connectivity index is 2.28. The van der Waals surface area contributed by atoms with Crippen molar-refractivity contribution in [1.29, 1.82) is 0 Å². The van der Waals surface area contributed by atoms with Gasteiger partial charge in [-0.25, -0.2) is 0 Å². The molecule has 8 nitrogen and oxygen atoms in total. The highest BCUT2D eigenvalue weighted by atomic mass is 16.5. The number of primary amides is 1. The maximum Gasteiger partial charge on any atom is 0.280 e. The maximum atomic E-state index is 12.2. The van der Waals surface area contributed by atoms with Gasteiger partial charge in [-0.05, 0) is 30.1 Å². The minimum absolute atomic E-state index is 0.106. The SMILES string of the molecule is CC(C)(CCC(=O)CCCC(=O)CCC(C)(C)Cc1cc(=O)[nH]o1)C/C([OH2+])=C/C(N)=O. The van der Waals surface area contributed by atoms with E-state index in [-0.39, 0.29) is 33.7 Å². The molecule has 0 radical (unpaired) electrons. The molecule has 1 amide bonds. The van der Waals surface area contributed by atoms with Crippen molar-refractivity contribution in [2.24, 2.45) is 16.6 Å². The summed E-state index contributed by atoms with van der Waals surface area (Å²) in [4.78, 5) is 46.4. The summed E-state index contributed by atoms with van der Waals surface area (Å²) in [5.41, 5.74) is 4.34. The predicted molar refractivity (Wildman–Crippen MR) is 118 cm³/mol. The number of hydrogen-bond donors (Lipinski definition) is 2. The average molecular weight is 438 g/mol. The quantitative estimate of drug-likeness (QED) is 0.246. The lowest BCUT2D eigenvalue weighted by molar-refractivity contribution is -0.121. The average Bonchev–Trinajstić information content (AvgIpc) is 3.01. The lowest BCUT2D eigenvalue weighted by Gasteiger charge is -2.22. The number of aromatic amines is 1. The molecule has 0 aliphatic carbocycles. The first-order chi connectivity index (χ1) is 14.3.